The van der Waals surface area contributed by atoms with Crippen LogP contribution >= 0.6 is 11.6 Å². The van der Waals surface area contributed by atoms with Crippen molar-refractivity contribution in [3.8, 4) is 0 Å². The molecule has 1 aromatic carbocycles. The van der Waals surface area contributed by atoms with Gasteiger partial charge in [-0.05, 0) is 56.5 Å². The standard InChI is InChI=1S/C15H21ClN2/c1-17(10-12-2-3-12)15-8-9-18(11-15)14-6-4-13(16)5-7-14/h4-7,12,15H,2-3,8-11H2,1H3. The second kappa shape index (κ2) is 5.10. The fourth-order valence-electron chi connectivity index (χ4n) is 2.84. The number of likely N-dealkylation sites (N-methyl/N-ethyl adjacent to an activating group) is 1. The highest BCUT2D eigenvalue weighted by Crippen LogP contribution is 2.31. The Balaban J connectivity index is 1.58. The first kappa shape index (κ1) is 12.3. The minimum Gasteiger partial charge on any atom is -0.370 e. The third-order valence-electron chi connectivity index (χ3n) is 4.22. The van der Waals surface area contributed by atoms with E-state index in [1.165, 1.54) is 38.0 Å². The molecule has 0 bridgehead atoms. The number of benzene rings is 1. The van der Waals surface area contributed by atoms with Crippen molar-refractivity contribution in [3.05, 3.63) is 29.3 Å². The first-order valence-electron chi connectivity index (χ1n) is 6.93. The topological polar surface area (TPSA) is 6.48 Å². The highest BCUT2D eigenvalue weighted by atomic mass is 35.5. The van der Waals surface area contributed by atoms with Crippen LogP contribution in [0.25, 0.3) is 0 Å². The van der Waals surface area contributed by atoms with E-state index in [0.717, 1.165) is 23.5 Å². The molecule has 3 heteroatoms. The van der Waals surface area contributed by atoms with Crippen LogP contribution in [-0.4, -0.2) is 37.6 Å². The number of hydrogen-bond donors (Lipinski definition) is 0. The summed E-state index contributed by atoms with van der Waals surface area (Å²) in [6.07, 6.45) is 4.17. The van der Waals surface area contributed by atoms with Gasteiger partial charge in [-0.25, -0.2) is 0 Å². The van der Waals surface area contributed by atoms with Crippen molar-refractivity contribution in [2.45, 2.75) is 25.3 Å². The van der Waals surface area contributed by atoms with E-state index in [1.807, 2.05) is 12.1 Å². The van der Waals surface area contributed by atoms with E-state index in [-0.39, 0.29) is 0 Å². The lowest BCUT2D eigenvalue weighted by molar-refractivity contribution is 0.249. The van der Waals surface area contributed by atoms with Crippen molar-refractivity contribution >= 4 is 17.3 Å². The van der Waals surface area contributed by atoms with Gasteiger partial charge in [0.15, 0.2) is 0 Å². The maximum absolute atomic E-state index is 5.93. The molecule has 0 spiro atoms. The summed E-state index contributed by atoms with van der Waals surface area (Å²) in [5.41, 5.74) is 1.31. The summed E-state index contributed by atoms with van der Waals surface area (Å²) in [7, 11) is 2.29. The molecule has 2 aliphatic rings. The molecule has 2 nitrogen and oxygen atoms in total. The Labute approximate surface area is 115 Å². The minimum atomic E-state index is 0.723. The molecule has 0 aromatic heterocycles. The molecular formula is C15H21ClN2. The number of hydrogen-bond acceptors (Lipinski definition) is 2. The Bertz CT molecular complexity index is 399. The van der Waals surface area contributed by atoms with Crippen molar-refractivity contribution in [2.24, 2.45) is 5.92 Å². The summed E-state index contributed by atoms with van der Waals surface area (Å²) in [6.45, 7) is 3.62. The zero-order valence-electron chi connectivity index (χ0n) is 11.0. The van der Waals surface area contributed by atoms with Crippen LogP contribution in [0.4, 0.5) is 5.69 Å². The molecule has 1 saturated heterocycles. The fraction of sp³-hybridized carbons (Fsp3) is 0.600. The van der Waals surface area contributed by atoms with Gasteiger partial charge in [0.1, 0.15) is 0 Å². The molecule has 1 heterocycles. The van der Waals surface area contributed by atoms with Gasteiger partial charge in [-0.2, -0.15) is 0 Å². The number of halogens is 1. The Morgan fingerprint density at radius 2 is 1.94 bits per heavy atom. The van der Waals surface area contributed by atoms with Crippen LogP contribution < -0.4 is 4.90 Å². The van der Waals surface area contributed by atoms with E-state index < -0.39 is 0 Å². The van der Waals surface area contributed by atoms with Gasteiger partial charge in [-0.15, -0.1) is 0 Å². The van der Waals surface area contributed by atoms with Gasteiger partial charge < -0.3 is 9.80 Å². The average molecular weight is 265 g/mol. The van der Waals surface area contributed by atoms with Crippen LogP contribution in [0.2, 0.25) is 5.02 Å². The molecule has 1 aromatic rings. The molecule has 1 aliphatic heterocycles. The highest BCUT2D eigenvalue weighted by Gasteiger charge is 2.30. The summed E-state index contributed by atoms with van der Waals surface area (Å²) in [5.74, 6) is 0.986. The summed E-state index contributed by atoms with van der Waals surface area (Å²) < 4.78 is 0. The number of nitrogens with zero attached hydrogens (tertiary/aromatic N) is 2. The van der Waals surface area contributed by atoms with Crippen molar-refractivity contribution < 1.29 is 0 Å². The lowest BCUT2D eigenvalue weighted by Gasteiger charge is -2.25. The smallest absolute Gasteiger partial charge is 0.0407 e. The molecule has 1 atom stereocenters. The quantitative estimate of drug-likeness (QED) is 0.824. The maximum Gasteiger partial charge on any atom is 0.0407 e. The lowest BCUT2D eigenvalue weighted by Crippen LogP contribution is -2.35. The van der Waals surface area contributed by atoms with Gasteiger partial charge >= 0.3 is 0 Å². The minimum absolute atomic E-state index is 0.723. The molecule has 1 saturated carbocycles. The predicted octanol–water partition coefficient (Wildman–Crippen LogP) is 3.26. The molecule has 18 heavy (non-hydrogen) atoms. The van der Waals surface area contributed by atoms with Crippen molar-refractivity contribution in [3.63, 3.8) is 0 Å². The number of rotatable bonds is 4. The Morgan fingerprint density at radius 1 is 1.22 bits per heavy atom. The van der Waals surface area contributed by atoms with Crippen molar-refractivity contribution in [1.29, 1.82) is 0 Å². The van der Waals surface area contributed by atoms with E-state index in [9.17, 15) is 0 Å². The van der Waals surface area contributed by atoms with Crippen molar-refractivity contribution in [1.82, 2.24) is 4.90 Å². The SMILES string of the molecule is CN(CC1CC1)C1CCN(c2ccc(Cl)cc2)C1. The normalized spacial score (nSPS) is 23.9. The van der Waals surface area contributed by atoms with E-state index in [1.54, 1.807) is 0 Å². The molecular weight excluding hydrogens is 244 g/mol. The van der Waals surface area contributed by atoms with Gasteiger partial charge in [-0.3, -0.25) is 0 Å². The molecule has 3 rings (SSSR count). The number of anilines is 1. The molecule has 0 radical (unpaired) electrons. The first-order chi connectivity index (χ1) is 8.72. The predicted molar refractivity (Wildman–Crippen MR) is 77.4 cm³/mol. The summed E-state index contributed by atoms with van der Waals surface area (Å²) in [5, 5.41) is 0.820. The zero-order valence-corrected chi connectivity index (χ0v) is 11.7. The molecule has 2 fully saturated rings. The van der Waals surface area contributed by atoms with Crippen LogP contribution in [0.3, 0.4) is 0 Å². The van der Waals surface area contributed by atoms with Crippen LogP contribution in [0.5, 0.6) is 0 Å². The van der Waals surface area contributed by atoms with Crippen LogP contribution in [0, 0.1) is 5.92 Å². The lowest BCUT2D eigenvalue weighted by atomic mass is 10.2. The summed E-state index contributed by atoms with van der Waals surface area (Å²) in [6, 6.07) is 8.95. The fourth-order valence-corrected chi connectivity index (χ4v) is 2.97. The van der Waals surface area contributed by atoms with Crippen LogP contribution in [0.1, 0.15) is 19.3 Å². The van der Waals surface area contributed by atoms with Crippen molar-refractivity contribution in [2.75, 3.05) is 31.6 Å². The largest absolute Gasteiger partial charge is 0.370 e. The van der Waals surface area contributed by atoms with Crippen LogP contribution in [0.15, 0.2) is 24.3 Å². The second-order valence-corrected chi connectivity index (χ2v) is 6.18. The molecule has 1 unspecified atom stereocenters. The molecule has 0 amide bonds. The summed E-state index contributed by atoms with van der Waals surface area (Å²) in [4.78, 5) is 5.04. The Hall–Kier alpha value is -0.730. The average Bonchev–Trinajstić information content (AvgIpc) is 3.04. The Kier molecular flexibility index (Phi) is 3.49. The molecule has 1 aliphatic carbocycles. The highest BCUT2D eigenvalue weighted by molar-refractivity contribution is 6.30. The van der Waals surface area contributed by atoms with E-state index in [4.69, 9.17) is 11.6 Å². The Morgan fingerprint density at radius 3 is 2.61 bits per heavy atom. The zero-order chi connectivity index (χ0) is 12.5. The first-order valence-corrected chi connectivity index (χ1v) is 7.31. The van der Waals surface area contributed by atoms with Gasteiger partial charge in [-0.1, -0.05) is 11.6 Å². The van der Waals surface area contributed by atoms with Gasteiger partial charge in [0.2, 0.25) is 0 Å². The summed E-state index contributed by atoms with van der Waals surface area (Å²) >= 11 is 5.93. The third kappa shape index (κ3) is 2.81. The maximum atomic E-state index is 5.93. The molecule has 98 valence electrons. The van der Waals surface area contributed by atoms with E-state index in [2.05, 4.69) is 29.0 Å². The van der Waals surface area contributed by atoms with Gasteiger partial charge in [0.25, 0.3) is 0 Å². The monoisotopic (exact) mass is 264 g/mol. The van der Waals surface area contributed by atoms with E-state index in [0.29, 0.717) is 0 Å². The third-order valence-corrected chi connectivity index (χ3v) is 4.47. The van der Waals surface area contributed by atoms with Gasteiger partial charge in [0.05, 0.1) is 0 Å². The molecule has 0 N–H and O–H groups in total. The second-order valence-electron chi connectivity index (χ2n) is 5.75. The van der Waals surface area contributed by atoms with Gasteiger partial charge in [0, 0.05) is 36.4 Å². The van der Waals surface area contributed by atoms with Crippen LogP contribution in [-0.2, 0) is 0 Å². The van der Waals surface area contributed by atoms with E-state index >= 15 is 0 Å².